The lowest BCUT2D eigenvalue weighted by Crippen LogP contribution is -2.46. The largest absolute Gasteiger partial charge is 0.338 e. The lowest BCUT2D eigenvalue weighted by molar-refractivity contribution is 0.205. The average molecular weight is 241 g/mol. The second-order valence-corrected chi connectivity index (χ2v) is 5.44. The summed E-state index contributed by atoms with van der Waals surface area (Å²) in [6, 6.07) is 4.51. The summed E-state index contributed by atoms with van der Waals surface area (Å²) in [5.41, 5.74) is 3.16. The quantitative estimate of drug-likeness (QED) is 0.775. The molecule has 1 aromatic heterocycles. The van der Waals surface area contributed by atoms with Gasteiger partial charge in [-0.2, -0.15) is 0 Å². The molecule has 1 aliphatic heterocycles. The topological polar surface area (TPSA) is 27.3 Å². The zero-order valence-electron chi connectivity index (χ0n) is 9.07. The molecule has 0 bridgehead atoms. The molecule has 0 spiro atoms. The molecule has 0 aromatic carbocycles. The molecule has 0 amide bonds. The Labute approximate surface area is 99.4 Å². The zero-order valence-corrected chi connectivity index (χ0v) is 10.7. The molecule has 5 heteroatoms. The van der Waals surface area contributed by atoms with Crippen molar-refractivity contribution < 1.29 is 0 Å². The van der Waals surface area contributed by atoms with Crippen LogP contribution in [0.3, 0.4) is 0 Å². The van der Waals surface area contributed by atoms with Crippen molar-refractivity contribution >= 4 is 28.7 Å². The molecule has 1 saturated heterocycles. The van der Waals surface area contributed by atoms with Gasteiger partial charge >= 0.3 is 0 Å². The average Bonchev–Trinajstić information content (AvgIpc) is 2.73. The van der Waals surface area contributed by atoms with E-state index in [0.717, 1.165) is 5.11 Å². The third kappa shape index (κ3) is 1.87. The lowest BCUT2D eigenvalue weighted by atomic mass is 10.2. The predicted octanol–water partition coefficient (Wildman–Crippen LogP) is 2.02. The Morgan fingerprint density at radius 3 is 2.73 bits per heavy atom. The van der Waals surface area contributed by atoms with Crippen LogP contribution >= 0.6 is 23.6 Å². The first-order valence-electron chi connectivity index (χ1n) is 4.96. The fourth-order valence-corrected chi connectivity index (χ4v) is 2.89. The van der Waals surface area contributed by atoms with Gasteiger partial charge in [0.15, 0.2) is 5.11 Å². The van der Waals surface area contributed by atoms with Crippen LogP contribution < -0.4 is 10.7 Å². The van der Waals surface area contributed by atoms with Crippen molar-refractivity contribution in [1.29, 1.82) is 0 Å². The van der Waals surface area contributed by atoms with Gasteiger partial charge < -0.3 is 5.32 Å². The predicted molar refractivity (Wildman–Crippen MR) is 67.5 cm³/mol. The van der Waals surface area contributed by atoms with E-state index < -0.39 is 0 Å². The van der Waals surface area contributed by atoms with Crippen molar-refractivity contribution in [3.63, 3.8) is 0 Å². The summed E-state index contributed by atoms with van der Waals surface area (Å²) in [4.78, 5) is 1.24. The molecule has 2 heterocycles. The van der Waals surface area contributed by atoms with Crippen molar-refractivity contribution in [1.82, 2.24) is 15.8 Å². The van der Waals surface area contributed by atoms with Gasteiger partial charge in [-0.25, -0.2) is 5.43 Å². The van der Waals surface area contributed by atoms with Crippen LogP contribution in [-0.4, -0.2) is 16.2 Å². The van der Waals surface area contributed by atoms with Gasteiger partial charge in [0.2, 0.25) is 0 Å². The number of nitrogens with one attached hydrogen (secondary N) is 2. The first-order valence-corrected chi connectivity index (χ1v) is 6.25. The number of hydrogen-bond acceptors (Lipinski definition) is 3. The van der Waals surface area contributed by atoms with E-state index >= 15 is 0 Å². The number of thiocarbonyl (C=S) groups is 1. The summed E-state index contributed by atoms with van der Waals surface area (Å²) in [7, 11) is 0. The molecule has 1 aromatic rings. The fourth-order valence-electron chi connectivity index (χ4n) is 1.64. The zero-order chi connectivity index (χ0) is 11.1. The smallest absolute Gasteiger partial charge is 0.185 e. The highest BCUT2D eigenvalue weighted by atomic mass is 32.1. The Morgan fingerprint density at radius 1 is 1.53 bits per heavy atom. The molecule has 1 fully saturated rings. The summed E-state index contributed by atoms with van der Waals surface area (Å²) < 4.78 is 0. The molecule has 0 radical (unpaired) electrons. The van der Waals surface area contributed by atoms with Crippen LogP contribution in [0.25, 0.3) is 0 Å². The van der Waals surface area contributed by atoms with E-state index in [-0.39, 0.29) is 5.66 Å². The van der Waals surface area contributed by atoms with Crippen LogP contribution in [-0.2, 0) is 5.66 Å². The SMILES string of the molecule is CC(C)N1NC(C)(c2cccs2)NC1=S. The van der Waals surface area contributed by atoms with E-state index in [0.29, 0.717) is 6.04 Å². The molecule has 15 heavy (non-hydrogen) atoms. The molecule has 0 saturated carbocycles. The molecule has 82 valence electrons. The Morgan fingerprint density at radius 2 is 2.27 bits per heavy atom. The molecule has 0 aliphatic carbocycles. The van der Waals surface area contributed by atoms with Gasteiger partial charge in [0, 0.05) is 10.9 Å². The number of hydrazine groups is 1. The number of nitrogens with zero attached hydrogens (tertiary/aromatic N) is 1. The third-order valence-electron chi connectivity index (χ3n) is 2.45. The van der Waals surface area contributed by atoms with E-state index in [1.165, 1.54) is 4.88 Å². The number of thiophene rings is 1. The van der Waals surface area contributed by atoms with Gasteiger partial charge in [-0.05, 0) is 44.4 Å². The molecule has 1 aliphatic rings. The molecular formula is C10H15N3S2. The minimum Gasteiger partial charge on any atom is -0.338 e. The van der Waals surface area contributed by atoms with Crippen molar-refractivity contribution in [2.45, 2.75) is 32.5 Å². The Hall–Kier alpha value is -0.650. The summed E-state index contributed by atoms with van der Waals surface area (Å²) in [6.07, 6.45) is 0. The Balaban J connectivity index is 2.24. The second kappa shape index (κ2) is 3.73. The summed E-state index contributed by atoms with van der Waals surface area (Å²) >= 11 is 7.02. The molecule has 1 atom stereocenters. The minimum absolute atomic E-state index is 0.254. The monoisotopic (exact) mass is 241 g/mol. The van der Waals surface area contributed by atoms with Crippen LogP contribution in [0.5, 0.6) is 0 Å². The van der Waals surface area contributed by atoms with Crippen LogP contribution in [0.2, 0.25) is 0 Å². The standard InChI is InChI=1S/C10H15N3S2/c1-7(2)13-9(14)11-10(3,12-13)8-5-4-6-15-8/h4-7,12H,1-3H3,(H,11,14). The Bertz CT molecular complexity index is 361. The Kier molecular flexibility index (Phi) is 2.70. The normalized spacial score (nSPS) is 26.1. The molecule has 2 N–H and O–H groups in total. The van der Waals surface area contributed by atoms with E-state index in [4.69, 9.17) is 12.2 Å². The molecule has 3 nitrogen and oxygen atoms in total. The maximum Gasteiger partial charge on any atom is 0.185 e. The minimum atomic E-state index is -0.254. The van der Waals surface area contributed by atoms with Gasteiger partial charge in [0.05, 0.1) is 0 Å². The van der Waals surface area contributed by atoms with Crippen LogP contribution in [0.1, 0.15) is 25.6 Å². The fraction of sp³-hybridized carbons (Fsp3) is 0.500. The van der Waals surface area contributed by atoms with Crippen LogP contribution in [0.4, 0.5) is 0 Å². The van der Waals surface area contributed by atoms with E-state index in [1.807, 2.05) is 5.01 Å². The van der Waals surface area contributed by atoms with Gasteiger partial charge in [0.1, 0.15) is 5.66 Å². The summed E-state index contributed by atoms with van der Waals surface area (Å²) in [6.45, 7) is 6.33. The second-order valence-electron chi connectivity index (χ2n) is 4.11. The third-order valence-corrected chi connectivity index (χ3v) is 3.84. The van der Waals surface area contributed by atoms with E-state index in [2.05, 4.69) is 49.0 Å². The van der Waals surface area contributed by atoms with Crippen molar-refractivity contribution in [3.05, 3.63) is 22.4 Å². The van der Waals surface area contributed by atoms with Gasteiger partial charge in [0.25, 0.3) is 0 Å². The molecular weight excluding hydrogens is 226 g/mol. The first kappa shape index (κ1) is 10.9. The number of hydrogen-bond donors (Lipinski definition) is 2. The summed E-state index contributed by atoms with van der Waals surface area (Å²) in [5.74, 6) is 0. The van der Waals surface area contributed by atoms with Crippen LogP contribution in [0, 0.1) is 0 Å². The maximum atomic E-state index is 5.30. The van der Waals surface area contributed by atoms with Crippen LogP contribution in [0.15, 0.2) is 17.5 Å². The van der Waals surface area contributed by atoms with Gasteiger partial charge in [-0.1, -0.05) is 6.07 Å². The highest BCUT2D eigenvalue weighted by molar-refractivity contribution is 7.80. The van der Waals surface area contributed by atoms with Crippen molar-refractivity contribution in [2.75, 3.05) is 0 Å². The highest BCUT2D eigenvalue weighted by Crippen LogP contribution is 2.27. The highest BCUT2D eigenvalue weighted by Gasteiger charge is 2.38. The summed E-state index contributed by atoms with van der Waals surface area (Å²) in [5, 5.41) is 8.15. The van der Waals surface area contributed by atoms with Gasteiger partial charge in [-0.3, -0.25) is 5.01 Å². The van der Waals surface area contributed by atoms with Crippen molar-refractivity contribution in [2.24, 2.45) is 0 Å². The van der Waals surface area contributed by atoms with E-state index in [9.17, 15) is 0 Å². The lowest BCUT2D eigenvalue weighted by Gasteiger charge is -2.26. The molecule has 2 rings (SSSR count). The van der Waals surface area contributed by atoms with E-state index in [1.54, 1.807) is 11.3 Å². The maximum absolute atomic E-state index is 5.30. The number of rotatable bonds is 2. The van der Waals surface area contributed by atoms with Gasteiger partial charge in [-0.15, -0.1) is 11.3 Å². The molecule has 1 unspecified atom stereocenters. The van der Waals surface area contributed by atoms with Crippen molar-refractivity contribution in [3.8, 4) is 0 Å². The first-order chi connectivity index (χ1) is 7.03.